The largest absolute Gasteiger partial charge is 0.379 e. The maximum Gasteiger partial charge on any atom is 0.296 e. The summed E-state index contributed by atoms with van der Waals surface area (Å²) in [6.07, 6.45) is 1.41. The molecule has 1 aromatic heterocycles. The fraction of sp³-hybridized carbons (Fsp3) is 0.0714. The zero-order valence-corrected chi connectivity index (χ0v) is 18.4. The van der Waals surface area contributed by atoms with E-state index in [2.05, 4.69) is 10.3 Å². The molecular weight excluding hydrogens is 504 g/mol. The van der Waals surface area contributed by atoms with Crippen LogP contribution < -0.4 is 5.32 Å². The maximum atomic E-state index is 11.8. The van der Waals surface area contributed by atoms with Crippen molar-refractivity contribution in [2.24, 2.45) is 0 Å². The third kappa shape index (κ3) is 4.89. The summed E-state index contributed by atoms with van der Waals surface area (Å²) in [5.74, 6) is 0. The van der Waals surface area contributed by atoms with Crippen LogP contribution in [0.25, 0.3) is 10.8 Å². The van der Waals surface area contributed by atoms with Crippen LogP contribution in [0.3, 0.4) is 0 Å². The molecule has 0 amide bonds. The lowest BCUT2D eigenvalue weighted by Crippen LogP contribution is -2.08. The predicted octanol–water partition coefficient (Wildman–Crippen LogP) is 2.30. The van der Waals surface area contributed by atoms with Crippen molar-refractivity contribution in [1.29, 1.82) is 0 Å². The second kappa shape index (κ2) is 7.69. The molecule has 0 atom stereocenters. The number of aromatic nitrogens is 1. The first-order chi connectivity index (χ1) is 13.7. The van der Waals surface area contributed by atoms with Crippen LogP contribution in [0.5, 0.6) is 0 Å². The number of nitrogens with zero attached hydrogens (tertiary/aromatic N) is 1. The summed E-state index contributed by atoms with van der Waals surface area (Å²) in [5.41, 5.74) is -0.237. The van der Waals surface area contributed by atoms with Crippen LogP contribution in [-0.4, -0.2) is 43.9 Å². The van der Waals surface area contributed by atoms with Gasteiger partial charge in [-0.05, 0) is 29.7 Å². The van der Waals surface area contributed by atoms with E-state index in [1.807, 2.05) is 0 Å². The molecule has 0 aliphatic rings. The van der Waals surface area contributed by atoms with Gasteiger partial charge in [-0.3, -0.25) is 13.7 Å². The van der Waals surface area contributed by atoms with Gasteiger partial charge in [-0.25, -0.2) is 4.98 Å². The Hall–Kier alpha value is -1.85. The Morgan fingerprint density at radius 2 is 1.53 bits per heavy atom. The molecule has 0 fully saturated rings. The zero-order valence-electron chi connectivity index (χ0n) is 14.3. The van der Waals surface area contributed by atoms with Gasteiger partial charge >= 0.3 is 0 Å². The summed E-state index contributed by atoms with van der Waals surface area (Å²) in [6.45, 7) is 0.00270. The minimum atomic E-state index is -4.98. The molecule has 0 aliphatic heterocycles. The Bertz CT molecular complexity index is 1480. The molecule has 4 N–H and O–H groups in total. The molecule has 0 spiro atoms. The van der Waals surface area contributed by atoms with Crippen LogP contribution in [0.4, 0.5) is 5.69 Å². The third-order valence-electron chi connectivity index (χ3n) is 3.82. The molecule has 16 heteroatoms. The van der Waals surface area contributed by atoms with E-state index in [9.17, 15) is 38.9 Å². The van der Waals surface area contributed by atoms with Gasteiger partial charge < -0.3 is 5.32 Å². The Morgan fingerprint density at radius 1 is 0.900 bits per heavy atom. The summed E-state index contributed by atoms with van der Waals surface area (Å²) in [6, 6.07) is 3.11. The van der Waals surface area contributed by atoms with E-state index in [-0.39, 0.29) is 27.5 Å². The van der Waals surface area contributed by atoms with E-state index >= 15 is 0 Å². The van der Waals surface area contributed by atoms with Gasteiger partial charge in [0.25, 0.3) is 30.4 Å². The molecule has 0 unspecified atom stereocenters. The summed E-state index contributed by atoms with van der Waals surface area (Å²) < 4.78 is 98.6. The molecule has 11 nitrogen and oxygen atoms in total. The smallest absolute Gasteiger partial charge is 0.296 e. The maximum absolute atomic E-state index is 11.8. The average Bonchev–Trinajstić information content (AvgIpc) is 3.01. The van der Waals surface area contributed by atoms with Gasteiger partial charge in [0.05, 0.1) is 17.1 Å². The number of anilines is 1. The Kier molecular flexibility index (Phi) is 5.85. The van der Waals surface area contributed by atoms with Crippen molar-refractivity contribution in [3.63, 3.8) is 0 Å². The van der Waals surface area contributed by atoms with Crippen LogP contribution in [-0.2, 0) is 36.9 Å². The van der Waals surface area contributed by atoms with Gasteiger partial charge in [-0.2, -0.15) is 25.3 Å². The third-order valence-corrected chi connectivity index (χ3v) is 7.55. The first-order valence-electron chi connectivity index (χ1n) is 7.54. The Morgan fingerprint density at radius 3 is 2.03 bits per heavy atom. The normalized spacial score (nSPS) is 12.9. The van der Waals surface area contributed by atoms with Gasteiger partial charge in [0.2, 0.25) is 0 Å². The van der Waals surface area contributed by atoms with Crippen molar-refractivity contribution in [3.05, 3.63) is 39.8 Å². The summed E-state index contributed by atoms with van der Waals surface area (Å²) in [7, 11) is -14.7. The van der Waals surface area contributed by atoms with E-state index in [1.165, 1.54) is 6.20 Å². The summed E-state index contributed by atoms with van der Waals surface area (Å²) in [5, 5.41) is 2.14. The molecule has 1 heterocycles. The van der Waals surface area contributed by atoms with E-state index in [0.717, 1.165) is 29.5 Å². The van der Waals surface area contributed by atoms with Crippen molar-refractivity contribution < 1.29 is 38.9 Å². The van der Waals surface area contributed by atoms with Crippen molar-refractivity contribution in [2.45, 2.75) is 21.2 Å². The van der Waals surface area contributed by atoms with Crippen molar-refractivity contribution in [3.8, 4) is 0 Å². The van der Waals surface area contributed by atoms with E-state index < -0.39 is 45.0 Å². The fourth-order valence-electron chi connectivity index (χ4n) is 2.59. The van der Waals surface area contributed by atoms with Gasteiger partial charge in [-0.1, -0.05) is 11.6 Å². The monoisotopic (exact) mass is 514 g/mol. The second-order valence-corrected chi connectivity index (χ2v) is 11.7. The highest BCUT2D eigenvalue weighted by Gasteiger charge is 2.24. The molecule has 0 saturated carbocycles. The molecule has 0 bridgehead atoms. The molecular formula is C14H11ClN2O9S4. The number of hydrogen-bond donors (Lipinski definition) is 4. The number of benzene rings is 2. The molecule has 0 saturated heterocycles. The lowest BCUT2D eigenvalue weighted by molar-refractivity contribution is 0.480. The highest BCUT2D eigenvalue weighted by atomic mass is 35.5. The quantitative estimate of drug-likeness (QED) is 0.353. The second-order valence-electron chi connectivity index (χ2n) is 5.85. The fourth-order valence-corrected chi connectivity index (χ4v) is 5.54. The molecule has 0 aliphatic carbocycles. The molecule has 162 valence electrons. The van der Waals surface area contributed by atoms with Crippen molar-refractivity contribution >= 4 is 69.8 Å². The van der Waals surface area contributed by atoms with Gasteiger partial charge in [0.1, 0.15) is 9.79 Å². The number of nitrogens with one attached hydrogen (secondary N) is 1. The zero-order chi connectivity index (χ0) is 22.5. The van der Waals surface area contributed by atoms with Gasteiger partial charge in [0, 0.05) is 16.5 Å². The van der Waals surface area contributed by atoms with E-state index in [4.69, 9.17) is 11.6 Å². The first kappa shape index (κ1) is 22.8. The van der Waals surface area contributed by atoms with Crippen LogP contribution in [0, 0.1) is 0 Å². The number of hydrogen-bond acceptors (Lipinski definition) is 9. The average molecular weight is 515 g/mol. The SMILES string of the molecule is O=S(=O)(O)c1cc(S(=O)(=O)O)c2cc(NCc3cnc(Cl)s3)c(S(=O)(=O)O)cc2c1. The Labute approximate surface area is 179 Å². The molecule has 2 aromatic carbocycles. The Balaban J connectivity index is 2.30. The lowest BCUT2D eigenvalue weighted by Gasteiger charge is -2.14. The van der Waals surface area contributed by atoms with E-state index in [1.54, 1.807) is 0 Å². The molecule has 30 heavy (non-hydrogen) atoms. The summed E-state index contributed by atoms with van der Waals surface area (Å²) in [4.78, 5) is 1.91. The van der Waals surface area contributed by atoms with Gasteiger partial charge in [0.15, 0.2) is 4.47 Å². The van der Waals surface area contributed by atoms with Crippen molar-refractivity contribution in [1.82, 2.24) is 4.98 Å². The minimum Gasteiger partial charge on any atom is -0.379 e. The van der Waals surface area contributed by atoms with Crippen LogP contribution in [0.1, 0.15) is 4.88 Å². The minimum absolute atomic E-state index is 0.00270. The van der Waals surface area contributed by atoms with Crippen LogP contribution in [0.2, 0.25) is 4.47 Å². The number of rotatable bonds is 6. The molecule has 3 aromatic rings. The van der Waals surface area contributed by atoms with Crippen LogP contribution in [0.15, 0.2) is 45.1 Å². The highest BCUT2D eigenvalue weighted by molar-refractivity contribution is 7.87. The standard InChI is InChI=1S/C14H11ClN2O9S4/c15-14-17-6-8(27-14)5-16-11-4-10-7(2-13(11)30(24,25)26)1-9(28(18,19)20)3-12(10)29(21,22)23/h1-4,6,16H,5H2,(H,18,19,20)(H,21,22,23)(H,24,25,26). The van der Waals surface area contributed by atoms with Gasteiger partial charge in [-0.15, -0.1) is 11.3 Å². The number of fused-ring (bicyclic) bond motifs is 1. The van der Waals surface area contributed by atoms with Crippen molar-refractivity contribution in [2.75, 3.05) is 5.32 Å². The lowest BCUT2D eigenvalue weighted by atomic mass is 10.1. The topological polar surface area (TPSA) is 188 Å². The molecule has 3 rings (SSSR count). The number of halogens is 1. The predicted molar refractivity (Wildman–Crippen MR) is 108 cm³/mol. The van der Waals surface area contributed by atoms with E-state index in [0.29, 0.717) is 10.9 Å². The molecule has 0 radical (unpaired) electrons. The highest BCUT2D eigenvalue weighted by Crippen LogP contribution is 2.34. The van der Waals surface area contributed by atoms with Crippen LogP contribution >= 0.6 is 22.9 Å². The first-order valence-corrected chi connectivity index (χ1v) is 13.1. The summed E-state index contributed by atoms with van der Waals surface area (Å²) >= 11 is 6.81. The number of thiazole rings is 1.